The molecule has 1 aliphatic rings. The van der Waals surface area contributed by atoms with E-state index in [0.29, 0.717) is 19.6 Å². The average molecular weight is 293 g/mol. The highest BCUT2D eigenvalue weighted by atomic mass is 19.1. The van der Waals surface area contributed by atoms with Gasteiger partial charge in [-0.2, -0.15) is 0 Å². The lowest BCUT2D eigenvalue weighted by atomic mass is 10.1. The van der Waals surface area contributed by atoms with Crippen molar-refractivity contribution in [2.24, 2.45) is 11.7 Å². The van der Waals surface area contributed by atoms with E-state index in [0.717, 1.165) is 5.56 Å². The number of carbonyl (C=O) groups excluding carboxylic acids is 2. The summed E-state index contributed by atoms with van der Waals surface area (Å²) in [5.74, 6) is -0.794. The van der Waals surface area contributed by atoms with Gasteiger partial charge in [0.2, 0.25) is 11.8 Å². The summed E-state index contributed by atoms with van der Waals surface area (Å²) in [6.45, 7) is 3.41. The standard InChI is InChI=1S/C15H20FN3O2/c1-11(8-17)15(21)19-6-5-18(14(20)10-19)9-12-3-2-4-13(16)7-12/h2-4,7,11H,5-6,8-10,17H2,1H3. The van der Waals surface area contributed by atoms with E-state index < -0.39 is 0 Å². The number of halogens is 1. The average Bonchev–Trinajstić information content (AvgIpc) is 2.48. The number of rotatable bonds is 4. The van der Waals surface area contributed by atoms with Gasteiger partial charge in [-0.1, -0.05) is 19.1 Å². The van der Waals surface area contributed by atoms with Crippen LogP contribution in [0.25, 0.3) is 0 Å². The van der Waals surface area contributed by atoms with Gasteiger partial charge in [0.05, 0.1) is 6.54 Å². The van der Waals surface area contributed by atoms with Crippen molar-refractivity contribution in [3.05, 3.63) is 35.6 Å². The molecule has 0 aliphatic carbocycles. The molecule has 1 aromatic rings. The lowest BCUT2D eigenvalue weighted by Crippen LogP contribution is -2.53. The normalized spacial score (nSPS) is 17.0. The van der Waals surface area contributed by atoms with Crippen LogP contribution in [0.3, 0.4) is 0 Å². The smallest absolute Gasteiger partial charge is 0.242 e. The third kappa shape index (κ3) is 3.78. The van der Waals surface area contributed by atoms with Gasteiger partial charge in [-0.15, -0.1) is 0 Å². The Morgan fingerprint density at radius 1 is 1.43 bits per heavy atom. The highest BCUT2D eigenvalue weighted by Crippen LogP contribution is 2.12. The summed E-state index contributed by atoms with van der Waals surface area (Å²) < 4.78 is 13.1. The maximum Gasteiger partial charge on any atom is 0.242 e. The number of piperazine rings is 1. The number of hydrogen-bond acceptors (Lipinski definition) is 3. The molecule has 114 valence electrons. The highest BCUT2D eigenvalue weighted by Gasteiger charge is 2.28. The number of amides is 2. The molecule has 1 aromatic carbocycles. The molecular formula is C15H20FN3O2. The zero-order valence-corrected chi connectivity index (χ0v) is 12.1. The summed E-state index contributed by atoms with van der Waals surface area (Å²) in [6, 6.07) is 6.19. The third-order valence-electron chi connectivity index (χ3n) is 3.67. The molecule has 0 saturated carbocycles. The van der Waals surface area contributed by atoms with Crippen LogP contribution >= 0.6 is 0 Å². The minimum absolute atomic E-state index is 0.0679. The van der Waals surface area contributed by atoms with E-state index in [1.807, 2.05) is 0 Å². The van der Waals surface area contributed by atoms with Gasteiger partial charge in [0.15, 0.2) is 0 Å². The van der Waals surface area contributed by atoms with Crippen LogP contribution in [0.2, 0.25) is 0 Å². The SMILES string of the molecule is CC(CN)C(=O)N1CCN(Cc2cccc(F)c2)C(=O)C1. The number of nitrogens with two attached hydrogens (primary N) is 1. The number of nitrogens with zero attached hydrogens (tertiary/aromatic N) is 2. The van der Waals surface area contributed by atoms with Crippen molar-refractivity contribution >= 4 is 11.8 Å². The van der Waals surface area contributed by atoms with E-state index >= 15 is 0 Å². The molecule has 0 spiro atoms. The molecule has 2 N–H and O–H groups in total. The number of carbonyl (C=O) groups is 2. The van der Waals surface area contributed by atoms with E-state index in [9.17, 15) is 14.0 Å². The van der Waals surface area contributed by atoms with Crippen LogP contribution in [0.15, 0.2) is 24.3 Å². The first kappa shape index (κ1) is 15.4. The molecule has 0 aromatic heterocycles. The lowest BCUT2D eigenvalue weighted by molar-refractivity contribution is -0.147. The summed E-state index contributed by atoms with van der Waals surface area (Å²) in [5, 5.41) is 0. The van der Waals surface area contributed by atoms with Gasteiger partial charge in [-0.3, -0.25) is 9.59 Å². The second-order valence-corrected chi connectivity index (χ2v) is 5.34. The number of benzene rings is 1. The maximum atomic E-state index is 13.1. The second kappa shape index (κ2) is 6.67. The monoisotopic (exact) mass is 293 g/mol. The molecule has 2 rings (SSSR count). The molecule has 1 saturated heterocycles. The molecule has 1 unspecified atom stereocenters. The summed E-state index contributed by atoms with van der Waals surface area (Å²) in [5.41, 5.74) is 6.23. The fourth-order valence-corrected chi connectivity index (χ4v) is 2.33. The van der Waals surface area contributed by atoms with Gasteiger partial charge in [0.1, 0.15) is 5.82 Å². The summed E-state index contributed by atoms with van der Waals surface area (Å²) in [4.78, 5) is 27.3. The Labute approximate surface area is 123 Å². The number of hydrogen-bond donors (Lipinski definition) is 1. The Bertz CT molecular complexity index is 535. The summed E-state index contributed by atoms with van der Waals surface area (Å²) in [7, 11) is 0. The van der Waals surface area contributed by atoms with Crippen molar-refractivity contribution in [3.63, 3.8) is 0 Å². The summed E-state index contributed by atoms with van der Waals surface area (Å²) in [6.07, 6.45) is 0. The van der Waals surface area contributed by atoms with E-state index in [-0.39, 0.29) is 36.6 Å². The van der Waals surface area contributed by atoms with Gasteiger partial charge in [-0.05, 0) is 17.7 Å². The first-order valence-corrected chi connectivity index (χ1v) is 7.02. The van der Waals surface area contributed by atoms with Crippen LogP contribution in [-0.4, -0.2) is 47.8 Å². The van der Waals surface area contributed by atoms with Gasteiger partial charge in [0, 0.05) is 32.1 Å². The second-order valence-electron chi connectivity index (χ2n) is 5.34. The van der Waals surface area contributed by atoms with Gasteiger partial charge in [0.25, 0.3) is 0 Å². The lowest BCUT2D eigenvalue weighted by Gasteiger charge is -2.35. The zero-order valence-electron chi connectivity index (χ0n) is 12.1. The highest BCUT2D eigenvalue weighted by molar-refractivity contribution is 5.87. The van der Waals surface area contributed by atoms with Crippen LogP contribution in [-0.2, 0) is 16.1 Å². The fraction of sp³-hybridized carbons (Fsp3) is 0.467. The Morgan fingerprint density at radius 2 is 2.19 bits per heavy atom. The summed E-state index contributed by atoms with van der Waals surface area (Å²) >= 11 is 0. The van der Waals surface area contributed by atoms with Gasteiger partial charge < -0.3 is 15.5 Å². The zero-order chi connectivity index (χ0) is 15.4. The predicted molar refractivity (Wildman–Crippen MR) is 76.6 cm³/mol. The van der Waals surface area contributed by atoms with E-state index in [1.165, 1.54) is 12.1 Å². The van der Waals surface area contributed by atoms with Crippen molar-refractivity contribution in [1.82, 2.24) is 9.80 Å². The molecule has 1 heterocycles. The van der Waals surface area contributed by atoms with Crippen LogP contribution in [0.5, 0.6) is 0 Å². The Kier molecular flexibility index (Phi) is 4.90. The van der Waals surface area contributed by atoms with E-state index in [4.69, 9.17) is 5.73 Å². The molecule has 2 amide bonds. The van der Waals surface area contributed by atoms with Gasteiger partial charge >= 0.3 is 0 Å². The van der Waals surface area contributed by atoms with Crippen molar-refractivity contribution in [1.29, 1.82) is 0 Å². The van der Waals surface area contributed by atoms with E-state index in [2.05, 4.69) is 0 Å². The maximum absolute atomic E-state index is 13.1. The predicted octanol–water partition coefficient (Wildman–Crippen LogP) is 0.591. The third-order valence-corrected chi connectivity index (χ3v) is 3.67. The molecule has 1 aliphatic heterocycles. The Morgan fingerprint density at radius 3 is 2.81 bits per heavy atom. The van der Waals surface area contributed by atoms with Crippen molar-refractivity contribution in [2.75, 3.05) is 26.2 Å². The molecule has 1 atom stereocenters. The topological polar surface area (TPSA) is 66.6 Å². The van der Waals surface area contributed by atoms with Crippen LogP contribution in [0, 0.1) is 11.7 Å². The van der Waals surface area contributed by atoms with Crippen LogP contribution in [0.1, 0.15) is 12.5 Å². The first-order valence-electron chi connectivity index (χ1n) is 7.02. The minimum atomic E-state index is -0.314. The molecule has 6 heteroatoms. The molecule has 5 nitrogen and oxygen atoms in total. The molecule has 21 heavy (non-hydrogen) atoms. The quantitative estimate of drug-likeness (QED) is 0.883. The van der Waals surface area contributed by atoms with E-state index in [1.54, 1.807) is 28.9 Å². The van der Waals surface area contributed by atoms with Crippen molar-refractivity contribution in [2.45, 2.75) is 13.5 Å². The minimum Gasteiger partial charge on any atom is -0.335 e. The molecule has 1 fully saturated rings. The largest absolute Gasteiger partial charge is 0.335 e. The Balaban J connectivity index is 1.95. The van der Waals surface area contributed by atoms with Gasteiger partial charge in [-0.25, -0.2) is 4.39 Å². The van der Waals surface area contributed by atoms with Crippen molar-refractivity contribution < 1.29 is 14.0 Å². The first-order chi connectivity index (χ1) is 10.0. The fourth-order valence-electron chi connectivity index (χ4n) is 2.33. The van der Waals surface area contributed by atoms with Crippen LogP contribution < -0.4 is 5.73 Å². The molecule has 0 bridgehead atoms. The Hall–Kier alpha value is -1.95. The van der Waals surface area contributed by atoms with Crippen LogP contribution in [0.4, 0.5) is 4.39 Å². The molecular weight excluding hydrogens is 273 g/mol. The van der Waals surface area contributed by atoms with Crippen molar-refractivity contribution in [3.8, 4) is 0 Å². The molecule has 0 radical (unpaired) electrons.